The van der Waals surface area contributed by atoms with Gasteiger partial charge in [-0.25, -0.2) is 4.79 Å². The van der Waals surface area contributed by atoms with Crippen LogP contribution < -0.4 is 9.47 Å². The van der Waals surface area contributed by atoms with E-state index in [1.165, 1.54) is 0 Å². The van der Waals surface area contributed by atoms with Crippen LogP contribution in [0.5, 0.6) is 11.5 Å². The van der Waals surface area contributed by atoms with Gasteiger partial charge in [0, 0.05) is 28.0 Å². The zero-order valence-corrected chi connectivity index (χ0v) is 24.2. The number of hydrogen-bond acceptors (Lipinski definition) is 5. The fourth-order valence-electron chi connectivity index (χ4n) is 6.41. The van der Waals surface area contributed by atoms with E-state index in [4.69, 9.17) is 25.8 Å². The van der Waals surface area contributed by atoms with Crippen LogP contribution in [0.25, 0.3) is 0 Å². The summed E-state index contributed by atoms with van der Waals surface area (Å²) in [7, 11) is 3.16. The molecular weight excluding hydrogens is 518 g/mol. The second kappa shape index (κ2) is 12.2. The summed E-state index contributed by atoms with van der Waals surface area (Å²) < 4.78 is 18.0. The Morgan fingerprint density at radius 1 is 1.00 bits per heavy atom. The minimum atomic E-state index is -1.05. The highest BCUT2D eigenvalue weighted by Gasteiger charge is 2.59. The van der Waals surface area contributed by atoms with E-state index in [2.05, 4.69) is 0 Å². The van der Waals surface area contributed by atoms with Crippen molar-refractivity contribution in [3.8, 4) is 11.5 Å². The van der Waals surface area contributed by atoms with Crippen molar-refractivity contribution in [2.75, 3.05) is 14.2 Å². The molecule has 2 aliphatic rings. The van der Waals surface area contributed by atoms with Gasteiger partial charge in [0.2, 0.25) is 5.91 Å². The minimum absolute atomic E-state index is 0.109. The van der Waals surface area contributed by atoms with Crippen molar-refractivity contribution in [1.29, 1.82) is 0 Å². The Morgan fingerprint density at radius 2 is 1.67 bits per heavy atom. The average molecular weight is 558 g/mol. The number of aliphatic carboxylic acids is 1. The van der Waals surface area contributed by atoms with Crippen LogP contribution in [0.15, 0.2) is 42.5 Å². The summed E-state index contributed by atoms with van der Waals surface area (Å²) in [4.78, 5) is 28.9. The number of rotatable bonds is 8. The highest BCUT2D eigenvalue weighted by Crippen LogP contribution is 2.52. The number of halogens is 1. The normalized spacial score (nSPS) is 24.0. The first-order chi connectivity index (χ1) is 18.6. The number of methoxy groups -OCH3 is 2. The summed E-state index contributed by atoms with van der Waals surface area (Å²) in [6, 6.07) is 11.2. The van der Waals surface area contributed by atoms with Gasteiger partial charge < -0.3 is 24.2 Å². The Morgan fingerprint density at radius 3 is 2.28 bits per heavy atom. The molecule has 4 atom stereocenters. The molecule has 1 aliphatic carbocycles. The van der Waals surface area contributed by atoms with E-state index in [9.17, 15) is 14.7 Å². The summed E-state index contributed by atoms with van der Waals surface area (Å²) >= 11 is 6.18. The number of carboxylic acid groups (broad SMARTS) is 1. The molecule has 1 saturated carbocycles. The molecule has 0 aromatic heterocycles. The predicted molar refractivity (Wildman–Crippen MR) is 150 cm³/mol. The quantitative estimate of drug-likeness (QED) is 0.397. The van der Waals surface area contributed by atoms with Gasteiger partial charge in [0.15, 0.2) is 0 Å². The van der Waals surface area contributed by atoms with E-state index >= 15 is 0 Å². The first-order valence-electron chi connectivity index (χ1n) is 13.7. The van der Waals surface area contributed by atoms with Gasteiger partial charge in [0.05, 0.1) is 33.0 Å². The Labute approximate surface area is 236 Å². The van der Waals surface area contributed by atoms with Gasteiger partial charge >= 0.3 is 5.97 Å². The van der Waals surface area contributed by atoms with Crippen molar-refractivity contribution >= 4 is 23.5 Å². The molecule has 0 spiro atoms. The fourth-order valence-corrected chi connectivity index (χ4v) is 6.57. The average Bonchev–Trinajstić information content (AvgIpc) is 3.28. The van der Waals surface area contributed by atoms with Crippen LogP contribution in [0.3, 0.4) is 0 Å². The van der Waals surface area contributed by atoms with E-state index in [1.807, 2.05) is 51.1 Å². The number of benzene rings is 2. The van der Waals surface area contributed by atoms with Crippen molar-refractivity contribution in [3.63, 3.8) is 0 Å². The molecule has 0 bridgehead atoms. The van der Waals surface area contributed by atoms with Gasteiger partial charge in [-0.05, 0) is 36.5 Å². The maximum Gasteiger partial charge on any atom is 0.326 e. The van der Waals surface area contributed by atoms with Crippen molar-refractivity contribution < 1.29 is 28.9 Å². The first-order valence-corrected chi connectivity index (χ1v) is 14.1. The molecule has 212 valence electrons. The third-order valence-electron chi connectivity index (χ3n) is 8.20. The van der Waals surface area contributed by atoms with Gasteiger partial charge in [0.1, 0.15) is 17.5 Å². The molecule has 2 aromatic rings. The molecule has 1 N–H and O–H groups in total. The lowest BCUT2D eigenvalue weighted by Gasteiger charge is -2.35. The summed E-state index contributed by atoms with van der Waals surface area (Å²) in [5, 5.41) is 11.2. The molecule has 0 radical (unpaired) electrons. The van der Waals surface area contributed by atoms with Crippen LogP contribution >= 0.6 is 11.6 Å². The highest BCUT2D eigenvalue weighted by atomic mass is 35.5. The number of carboxylic acids is 1. The summed E-state index contributed by atoms with van der Waals surface area (Å²) in [6.45, 7) is 6.21. The lowest BCUT2D eigenvalue weighted by molar-refractivity contribution is -0.154. The van der Waals surface area contributed by atoms with Crippen molar-refractivity contribution in [2.45, 2.75) is 77.7 Å². The summed E-state index contributed by atoms with van der Waals surface area (Å²) in [5.41, 5.74) is 1.05. The largest absolute Gasteiger partial charge is 0.496 e. The molecule has 7 nitrogen and oxygen atoms in total. The molecule has 1 amide bonds. The van der Waals surface area contributed by atoms with E-state index in [-0.39, 0.29) is 18.4 Å². The predicted octanol–water partition coefficient (Wildman–Crippen LogP) is 6.52. The van der Waals surface area contributed by atoms with Crippen LogP contribution in [-0.4, -0.2) is 48.2 Å². The number of para-hydroxylation sites is 1. The van der Waals surface area contributed by atoms with Crippen LogP contribution in [0, 0.1) is 17.3 Å². The fraction of sp³-hybridized carbons (Fsp3) is 0.548. The Bertz CT molecular complexity index is 1170. The van der Waals surface area contributed by atoms with E-state index in [0.717, 1.165) is 43.2 Å². The van der Waals surface area contributed by atoms with Crippen molar-refractivity contribution in [2.24, 2.45) is 17.3 Å². The number of amides is 1. The zero-order valence-electron chi connectivity index (χ0n) is 23.5. The van der Waals surface area contributed by atoms with E-state index in [0.29, 0.717) is 16.5 Å². The molecule has 8 heteroatoms. The van der Waals surface area contributed by atoms with Crippen LogP contribution in [0.1, 0.15) is 70.0 Å². The third kappa shape index (κ3) is 6.04. The van der Waals surface area contributed by atoms with Crippen LogP contribution in [0.4, 0.5) is 0 Å². The second-order valence-electron chi connectivity index (χ2n) is 11.7. The summed E-state index contributed by atoms with van der Waals surface area (Å²) in [6.07, 6.45) is 3.97. The molecule has 39 heavy (non-hydrogen) atoms. The number of ether oxygens (including phenoxy) is 3. The molecule has 1 aliphatic heterocycles. The number of carbonyl (C=O) groups is 2. The number of carbonyl (C=O) groups excluding carboxylic acids is 1. The molecular formula is C31H40ClNO6. The topological polar surface area (TPSA) is 85.3 Å². The van der Waals surface area contributed by atoms with Crippen LogP contribution in [-0.2, 0) is 20.9 Å². The van der Waals surface area contributed by atoms with E-state index in [1.54, 1.807) is 31.3 Å². The van der Waals surface area contributed by atoms with Crippen molar-refractivity contribution in [1.82, 2.24) is 4.90 Å². The van der Waals surface area contributed by atoms with Gasteiger partial charge in [-0.1, -0.05) is 75.9 Å². The summed E-state index contributed by atoms with van der Waals surface area (Å²) in [5.74, 6) is -0.632. The van der Waals surface area contributed by atoms with Gasteiger partial charge in [-0.2, -0.15) is 0 Å². The number of likely N-dealkylation sites (tertiary alicyclic amines) is 1. The smallest absolute Gasteiger partial charge is 0.326 e. The highest BCUT2D eigenvalue weighted by molar-refractivity contribution is 6.30. The standard InChI is InChI=1S/C31H40ClNO6/c1-31(2,3)25-27(30(35)36)33(29(34)19-11-7-6-8-12-19)26(22-13-9-10-14-23(22)37-4)28(25)39-18-20-15-16-21(32)17-24(20)38-5/h9-10,13-17,19,25-28H,6-8,11-12,18H2,1-5H3,(H,35,36)/t25-,26?,27+,28?/m0/s1. The molecule has 1 saturated heterocycles. The first kappa shape index (κ1) is 29.2. The lowest BCUT2D eigenvalue weighted by Crippen LogP contribution is -2.49. The van der Waals surface area contributed by atoms with E-state index < -0.39 is 35.5 Å². The molecule has 2 fully saturated rings. The maximum absolute atomic E-state index is 14.3. The monoisotopic (exact) mass is 557 g/mol. The van der Waals surface area contributed by atoms with Gasteiger partial charge in [-0.3, -0.25) is 4.79 Å². The Hall–Kier alpha value is -2.77. The Kier molecular flexibility index (Phi) is 9.12. The maximum atomic E-state index is 14.3. The SMILES string of the molecule is COc1cc(Cl)ccc1COC1C(c2ccccc2OC)N(C(=O)C2CCCCC2)[C@@H](C(=O)O)[C@@H]1C(C)(C)C. The molecule has 2 unspecified atom stereocenters. The molecule has 1 heterocycles. The minimum Gasteiger partial charge on any atom is -0.496 e. The zero-order chi connectivity index (χ0) is 28.3. The molecule has 2 aromatic carbocycles. The number of nitrogens with zero attached hydrogens (tertiary/aromatic N) is 1. The van der Waals surface area contributed by atoms with Crippen LogP contribution in [0.2, 0.25) is 5.02 Å². The molecule has 4 rings (SSSR count). The Balaban J connectivity index is 1.85. The third-order valence-corrected chi connectivity index (χ3v) is 8.44. The lowest BCUT2D eigenvalue weighted by atomic mass is 9.73. The number of hydrogen-bond donors (Lipinski definition) is 1. The van der Waals surface area contributed by atoms with Crippen molar-refractivity contribution in [3.05, 3.63) is 58.6 Å². The second-order valence-corrected chi connectivity index (χ2v) is 12.1. The van der Waals surface area contributed by atoms with Gasteiger partial charge in [-0.15, -0.1) is 0 Å². The van der Waals surface area contributed by atoms with Gasteiger partial charge in [0.25, 0.3) is 0 Å².